The molecular weight excluding hydrogens is 430 g/mol. The molecule has 6 N–H and O–H groups in total. The van der Waals surface area contributed by atoms with E-state index in [1.54, 1.807) is 12.1 Å². The van der Waals surface area contributed by atoms with Gasteiger partial charge < -0.3 is 40.3 Å². The lowest BCUT2D eigenvalue weighted by atomic mass is 9.73. The summed E-state index contributed by atoms with van der Waals surface area (Å²) >= 11 is 0. The molecule has 1 aliphatic carbocycles. The Morgan fingerprint density at radius 1 is 1.13 bits per heavy atom. The van der Waals surface area contributed by atoms with Crippen LogP contribution >= 0.6 is 12.4 Å². The Morgan fingerprint density at radius 3 is 2.29 bits per heavy atom. The summed E-state index contributed by atoms with van der Waals surface area (Å²) in [5, 5.41) is 53.2. The van der Waals surface area contributed by atoms with E-state index in [2.05, 4.69) is 5.32 Å². The van der Waals surface area contributed by atoms with Crippen LogP contribution in [0.2, 0.25) is 0 Å². The molecule has 0 amide bonds. The third-order valence-electron chi connectivity index (χ3n) is 6.12. The van der Waals surface area contributed by atoms with Gasteiger partial charge >= 0.3 is 5.97 Å². The van der Waals surface area contributed by atoms with E-state index in [4.69, 9.17) is 14.6 Å². The molecule has 31 heavy (non-hydrogen) atoms. The lowest BCUT2D eigenvalue weighted by molar-refractivity contribution is -0.271. The van der Waals surface area contributed by atoms with Crippen molar-refractivity contribution in [2.45, 2.75) is 74.3 Å². The van der Waals surface area contributed by atoms with E-state index in [0.717, 1.165) is 37.7 Å². The molecule has 2 fully saturated rings. The van der Waals surface area contributed by atoms with Crippen molar-refractivity contribution in [1.82, 2.24) is 5.32 Å². The Balaban J connectivity index is 0.00000341. The van der Waals surface area contributed by atoms with Gasteiger partial charge in [0.25, 0.3) is 0 Å². The fraction of sp³-hybridized carbons (Fsp3) is 0.667. The standard InChI is InChI=1S/C21H31NO8.ClH/c1-22-11-14(21(28)9-3-2-4-10-21)12-5-7-13(8-6-12)29-20-17(25)15(23)16(24)18(30-20)19(26)27;/h5-8,14-18,20,22-25,28H,2-4,9-11H2,1H3,(H,26,27);1H/t14?,15-,16-,17+,18-,20+;/m0./s1. The third-order valence-corrected chi connectivity index (χ3v) is 6.12. The molecule has 1 heterocycles. The van der Waals surface area contributed by atoms with Gasteiger partial charge in [0.15, 0.2) is 6.10 Å². The maximum atomic E-state index is 11.2. The molecular formula is C21H32ClNO8. The van der Waals surface area contributed by atoms with Gasteiger partial charge in [-0.05, 0) is 37.6 Å². The van der Waals surface area contributed by atoms with Gasteiger partial charge in [0.05, 0.1) is 5.60 Å². The van der Waals surface area contributed by atoms with Crippen LogP contribution in [0.5, 0.6) is 5.75 Å². The number of ether oxygens (including phenoxy) is 2. The average Bonchev–Trinajstić information content (AvgIpc) is 2.73. The second kappa shape index (κ2) is 10.9. The fourth-order valence-corrected chi connectivity index (χ4v) is 4.40. The zero-order chi connectivity index (χ0) is 21.9. The van der Waals surface area contributed by atoms with Gasteiger partial charge in [-0.2, -0.15) is 0 Å². The number of rotatable bonds is 7. The largest absolute Gasteiger partial charge is 0.479 e. The highest BCUT2D eigenvalue weighted by Gasteiger charge is 2.48. The Bertz CT molecular complexity index is 712. The van der Waals surface area contributed by atoms with Gasteiger partial charge in [0.2, 0.25) is 6.29 Å². The first-order chi connectivity index (χ1) is 14.3. The first-order valence-corrected chi connectivity index (χ1v) is 10.3. The van der Waals surface area contributed by atoms with E-state index in [1.165, 1.54) is 0 Å². The highest BCUT2D eigenvalue weighted by atomic mass is 35.5. The molecule has 0 spiro atoms. The number of aliphatic hydroxyl groups excluding tert-OH is 3. The smallest absolute Gasteiger partial charge is 0.335 e. The number of hydrogen-bond acceptors (Lipinski definition) is 8. The summed E-state index contributed by atoms with van der Waals surface area (Å²) in [6, 6.07) is 6.93. The Labute approximate surface area is 187 Å². The molecule has 0 bridgehead atoms. The van der Waals surface area contributed by atoms with Crippen molar-refractivity contribution >= 4 is 18.4 Å². The van der Waals surface area contributed by atoms with E-state index >= 15 is 0 Å². The van der Waals surface area contributed by atoms with E-state index in [9.17, 15) is 25.2 Å². The highest BCUT2D eigenvalue weighted by Crippen LogP contribution is 2.40. The van der Waals surface area contributed by atoms with Crippen LogP contribution in [0, 0.1) is 0 Å². The summed E-state index contributed by atoms with van der Waals surface area (Å²) < 4.78 is 10.7. The van der Waals surface area contributed by atoms with Crippen molar-refractivity contribution in [1.29, 1.82) is 0 Å². The molecule has 1 saturated heterocycles. The van der Waals surface area contributed by atoms with Gasteiger partial charge in [-0.3, -0.25) is 0 Å². The summed E-state index contributed by atoms with van der Waals surface area (Å²) in [5.41, 5.74) is 0.159. The molecule has 6 atom stereocenters. The summed E-state index contributed by atoms with van der Waals surface area (Å²) in [5.74, 6) is -1.26. The molecule has 3 rings (SSSR count). The molecule has 1 aromatic carbocycles. The molecule has 2 aliphatic rings. The van der Waals surface area contributed by atoms with Crippen molar-refractivity contribution in [2.75, 3.05) is 13.6 Å². The topological polar surface area (TPSA) is 149 Å². The van der Waals surface area contributed by atoms with E-state index in [1.807, 2.05) is 19.2 Å². The predicted molar refractivity (Wildman–Crippen MR) is 113 cm³/mol. The van der Waals surface area contributed by atoms with Crippen LogP contribution in [-0.2, 0) is 9.53 Å². The number of carboxylic acid groups (broad SMARTS) is 1. The highest BCUT2D eigenvalue weighted by molar-refractivity contribution is 5.85. The quantitative estimate of drug-likeness (QED) is 0.339. The van der Waals surface area contributed by atoms with E-state index in [-0.39, 0.29) is 18.3 Å². The van der Waals surface area contributed by atoms with Crippen LogP contribution in [0.15, 0.2) is 24.3 Å². The number of aliphatic carboxylic acids is 1. The molecule has 1 unspecified atom stereocenters. The number of halogens is 1. The van der Waals surface area contributed by atoms with Crippen molar-refractivity contribution < 1.29 is 39.8 Å². The number of nitrogens with one attached hydrogen (secondary N) is 1. The van der Waals surface area contributed by atoms with Crippen LogP contribution in [0.25, 0.3) is 0 Å². The number of carboxylic acids is 1. The first-order valence-electron chi connectivity index (χ1n) is 10.3. The van der Waals surface area contributed by atoms with Gasteiger partial charge in [-0.25, -0.2) is 4.79 Å². The molecule has 9 nitrogen and oxygen atoms in total. The zero-order valence-electron chi connectivity index (χ0n) is 17.4. The minimum atomic E-state index is -1.77. The number of aliphatic hydroxyl groups is 4. The summed E-state index contributed by atoms with van der Waals surface area (Å²) in [6.45, 7) is 0.617. The van der Waals surface area contributed by atoms with Crippen molar-refractivity contribution in [3.8, 4) is 5.75 Å². The Kier molecular flexibility index (Phi) is 9.08. The second-order valence-corrected chi connectivity index (χ2v) is 8.20. The van der Waals surface area contributed by atoms with E-state index < -0.39 is 42.3 Å². The van der Waals surface area contributed by atoms with Gasteiger partial charge in [0, 0.05) is 12.5 Å². The summed E-state index contributed by atoms with van der Waals surface area (Å²) in [4.78, 5) is 11.2. The van der Waals surface area contributed by atoms with Crippen LogP contribution in [0.3, 0.4) is 0 Å². The monoisotopic (exact) mass is 461 g/mol. The fourth-order valence-electron chi connectivity index (χ4n) is 4.40. The molecule has 1 aromatic rings. The number of benzene rings is 1. The normalized spacial score (nSPS) is 31.3. The van der Waals surface area contributed by atoms with Crippen molar-refractivity contribution in [3.05, 3.63) is 29.8 Å². The zero-order valence-corrected chi connectivity index (χ0v) is 18.2. The Hall–Kier alpha value is -1.46. The third kappa shape index (κ3) is 5.67. The lowest BCUT2D eigenvalue weighted by Gasteiger charge is -2.40. The van der Waals surface area contributed by atoms with Crippen LogP contribution in [0.1, 0.15) is 43.6 Å². The van der Waals surface area contributed by atoms with Gasteiger partial charge in [-0.1, -0.05) is 31.4 Å². The molecule has 176 valence electrons. The van der Waals surface area contributed by atoms with Crippen molar-refractivity contribution in [3.63, 3.8) is 0 Å². The Morgan fingerprint density at radius 2 is 1.74 bits per heavy atom. The second-order valence-electron chi connectivity index (χ2n) is 8.20. The van der Waals surface area contributed by atoms with Gasteiger partial charge in [-0.15, -0.1) is 12.4 Å². The summed E-state index contributed by atoms with van der Waals surface area (Å²) in [7, 11) is 1.84. The number of likely N-dealkylation sites (N-methyl/N-ethyl adjacent to an activating group) is 1. The number of hydrogen-bond donors (Lipinski definition) is 6. The van der Waals surface area contributed by atoms with Crippen LogP contribution in [0.4, 0.5) is 0 Å². The van der Waals surface area contributed by atoms with Crippen LogP contribution in [-0.4, -0.2) is 81.4 Å². The predicted octanol–water partition coefficient (Wildman–Crippen LogP) is 0.378. The molecule has 1 saturated carbocycles. The first kappa shape index (κ1) is 25.8. The molecule has 0 radical (unpaired) electrons. The summed E-state index contributed by atoms with van der Waals surface area (Å²) in [6.07, 6.45) is -3.66. The van der Waals surface area contributed by atoms with Gasteiger partial charge in [0.1, 0.15) is 24.1 Å². The van der Waals surface area contributed by atoms with Crippen LogP contribution < -0.4 is 10.1 Å². The minimum Gasteiger partial charge on any atom is -0.479 e. The van der Waals surface area contributed by atoms with Crippen molar-refractivity contribution in [2.24, 2.45) is 0 Å². The molecule has 10 heteroatoms. The maximum absolute atomic E-state index is 11.2. The SMILES string of the molecule is CNCC(c1ccc(O[C@@H]2O[C@H](C(=O)O)[C@@H](O)[C@H](O)[C@H]2O)cc1)C1(O)CCCCC1.Cl. The molecule has 1 aliphatic heterocycles. The number of carbonyl (C=O) groups is 1. The average molecular weight is 462 g/mol. The minimum absolute atomic E-state index is 0. The van der Waals surface area contributed by atoms with E-state index in [0.29, 0.717) is 12.3 Å². The molecule has 0 aromatic heterocycles. The lowest BCUT2D eigenvalue weighted by Crippen LogP contribution is -2.61. The maximum Gasteiger partial charge on any atom is 0.335 e.